The summed E-state index contributed by atoms with van der Waals surface area (Å²) in [4.78, 5) is 0. The Kier molecular flexibility index (Phi) is 3.34. The van der Waals surface area contributed by atoms with Crippen LogP contribution in [-0.2, 0) is 6.54 Å². The smallest absolute Gasteiger partial charge is 0.133 e. The lowest BCUT2D eigenvalue weighted by Crippen LogP contribution is -2.04. The summed E-state index contributed by atoms with van der Waals surface area (Å²) in [6.45, 7) is 0.904. The summed E-state index contributed by atoms with van der Waals surface area (Å²) >= 11 is 0. The molecule has 0 radical (unpaired) electrons. The third kappa shape index (κ3) is 2.02. The van der Waals surface area contributed by atoms with Gasteiger partial charge in [0.05, 0.1) is 6.26 Å². The molecule has 0 bridgehead atoms. The summed E-state index contributed by atoms with van der Waals surface area (Å²) in [5, 5.41) is 4.28. The fraction of sp³-hybridized carbons (Fsp3) is 0.200. The van der Waals surface area contributed by atoms with E-state index in [9.17, 15) is 0 Å². The molecule has 0 aliphatic heterocycles. The molecule has 0 saturated heterocycles. The van der Waals surface area contributed by atoms with Crippen LogP contribution in [0.2, 0.25) is 0 Å². The molecule has 0 amide bonds. The maximum Gasteiger partial charge on any atom is 0.133 e. The standard InChI is InChI=1S/C10H11NO.ClH/c1-11-7-8-2-3-10-9(6-8)4-5-12-10;/h2-6,11H,7H2,1H3;1H. The molecule has 0 unspecified atom stereocenters. The van der Waals surface area contributed by atoms with Gasteiger partial charge in [0, 0.05) is 11.9 Å². The fourth-order valence-corrected chi connectivity index (χ4v) is 1.33. The highest BCUT2D eigenvalue weighted by molar-refractivity contribution is 5.85. The fourth-order valence-electron chi connectivity index (χ4n) is 1.33. The Hall–Kier alpha value is -0.990. The van der Waals surface area contributed by atoms with Gasteiger partial charge in [0.15, 0.2) is 0 Å². The van der Waals surface area contributed by atoms with E-state index >= 15 is 0 Å². The Morgan fingerprint density at radius 1 is 1.31 bits per heavy atom. The Balaban J connectivity index is 0.000000845. The van der Waals surface area contributed by atoms with Crippen molar-refractivity contribution in [2.24, 2.45) is 0 Å². The van der Waals surface area contributed by atoms with Crippen molar-refractivity contribution >= 4 is 23.4 Å². The van der Waals surface area contributed by atoms with E-state index in [0.29, 0.717) is 0 Å². The average Bonchev–Trinajstić information content (AvgIpc) is 2.51. The molecule has 1 N–H and O–H groups in total. The number of benzene rings is 1. The highest BCUT2D eigenvalue weighted by atomic mass is 35.5. The lowest BCUT2D eigenvalue weighted by molar-refractivity contribution is 0.615. The zero-order valence-corrected chi connectivity index (χ0v) is 8.23. The molecule has 0 spiro atoms. The van der Waals surface area contributed by atoms with Gasteiger partial charge >= 0.3 is 0 Å². The molecule has 1 aromatic heterocycles. The molecule has 0 saturated carbocycles. The largest absolute Gasteiger partial charge is 0.464 e. The first-order valence-electron chi connectivity index (χ1n) is 4.01. The minimum Gasteiger partial charge on any atom is -0.464 e. The number of hydrogen-bond donors (Lipinski definition) is 1. The van der Waals surface area contributed by atoms with Crippen LogP contribution in [0, 0.1) is 0 Å². The van der Waals surface area contributed by atoms with E-state index in [1.165, 1.54) is 10.9 Å². The van der Waals surface area contributed by atoms with Gasteiger partial charge in [0.25, 0.3) is 0 Å². The van der Waals surface area contributed by atoms with Crippen LogP contribution in [0.1, 0.15) is 5.56 Å². The number of nitrogens with one attached hydrogen (secondary N) is 1. The van der Waals surface area contributed by atoms with Gasteiger partial charge in [-0.15, -0.1) is 12.4 Å². The average molecular weight is 198 g/mol. The summed E-state index contributed by atoms with van der Waals surface area (Å²) in [6.07, 6.45) is 1.72. The van der Waals surface area contributed by atoms with Crippen LogP contribution in [0.3, 0.4) is 0 Å². The highest BCUT2D eigenvalue weighted by Crippen LogP contribution is 2.16. The van der Waals surface area contributed by atoms with Gasteiger partial charge in [-0.25, -0.2) is 0 Å². The van der Waals surface area contributed by atoms with Gasteiger partial charge in [-0.2, -0.15) is 0 Å². The molecular weight excluding hydrogens is 186 g/mol. The quantitative estimate of drug-likeness (QED) is 0.801. The van der Waals surface area contributed by atoms with Gasteiger partial charge in [-0.05, 0) is 30.8 Å². The van der Waals surface area contributed by atoms with Crippen LogP contribution in [0.15, 0.2) is 34.9 Å². The summed E-state index contributed by atoms with van der Waals surface area (Å²) in [5.41, 5.74) is 2.24. The SMILES string of the molecule is CNCc1ccc2occc2c1.Cl. The third-order valence-corrected chi connectivity index (χ3v) is 1.90. The Bertz CT molecular complexity index is 383. The molecule has 13 heavy (non-hydrogen) atoms. The predicted molar refractivity (Wildman–Crippen MR) is 56.2 cm³/mol. The van der Waals surface area contributed by atoms with E-state index in [-0.39, 0.29) is 12.4 Å². The van der Waals surface area contributed by atoms with Crippen LogP contribution in [0.25, 0.3) is 11.0 Å². The minimum absolute atomic E-state index is 0. The van der Waals surface area contributed by atoms with Crippen molar-refractivity contribution in [3.05, 3.63) is 36.1 Å². The number of hydrogen-bond acceptors (Lipinski definition) is 2. The van der Waals surface area contributed by atoms with Gasteiger partial charge in [-0.1, -0.05) is 6.07 Å². The number of halogens is 1. The molecule has 0 atom stereocenters. The van der Waals surface area contributed by atoms with E-state index in [1.807, 2.05) is 19.2 Å². The van der Waals surface area contributed by atoms with Crippen LogP contribution in [0.5, 0.6) is 0 Å². The topological polar surface area (TPSA) is 25.2 Å². The Labute approximate surface area is 83.3 Å². The van der Waals surface area contributed by atoms with Crippen LogP contribution in [-0.4, -0.2) is 7.05 Å². The van der Waals surface area contributed by atoms with Crippen LogP contribution < -0.4 is 5.32 Å². The Morgan fingerprint density at radius 2 is 2.15 bits per heavy atom. The monoisotopic (exact) mass is 197 g/mol. The van der Waals surface area contributed by atoms with Gasteiger partial charge in [-0.3, -0.25) is 0 Å². The zero-order chi connectivity index (χ0) is 8.39. The van der Waals surface area contributed by atoms with Gasteiger partial charge in [0.1, 0.15) is 5.58 Å². The third-order valence-electron chi connectivity index (χ3n) is 1.90. The van der Waals surface area contributed by atoms with Gasteiger partial charge in [0.2, 0.25) is 0 Å². The number of rotatable bonds is 2. The highest BCUT2D eigenvalue weighted by Gasteiger charge is 1.96. The first-order valence-corrected chi connectivity index (χ1v) is 4.01. The number of furan rings is 1. The van der Waals surface area contributed by atoms with Crippen molar-refractivity contribution in [1.29, 1.82) is 0 Å². The van der Waals surface area contributed by atoms with Crippen LogP contribution >= 0.6 is 12.4 Å². The molecule has 1 heterocycles. The predicted octanol–water partition coefficient (Wildman–Crippen LogP) is 2.57. The molecule has 2 aromatic rings. The number of fused-ring (bicyclic) bond motifs is 1. The molecule has 0 aliphatic carbocycles. The van der Waals surface area contributed by atoms with Crippen molar-refractivity contribution in [2.45, 2.75) is 6.54 Å². The maximum atomic E-state index is 5.23. The molecule has 0 fully saturated rings. The van der Waals surface area contributed by atoms with Crippen molar-refractivity contribution in [2.75, 3.05) is 7.05 Å². The van der Waals surface area contributed by atoms with E-state index in [4.69, 9.17) is 4.42 Å². The molecule has 70 valence electrons. The maximum absolute atomic E-state index is 5.23. The normalized spacial score (nSPS) is 9.92. The molecule has 2 nitrogen and oxygen atoms in total. The second kappa shape index (κ2) is 4.30. The summed E-state index contributed by atoms with van der Waals surface area (Å²) in [6, 6.07) is 8.19. The lowest BCUT2D eigenvalue weighted by Gasteiger charge is -1.98. The molecule has 3 heteroatoms. The summed E-state index contributed by atoms with van der Waals surface area (Å²) in [5.74, 6) is 0. The van der Waals surface area contributed by atoms with E-state index in [0.717, 1.165) is 12.1 Å². The molecule has 0 aliphatic rings. The lowest BCUT2D eigenvalue weighted by atomic mass is 10.1. The first-order chi connectivity index (χ1) is 5.90. The van der Waals surface area contributed by atoms with E-state index < -0.39 is 0 Å². The van der Waals surface area contributed by atoms with Crippen molar-refractivity contribution in [3.8, 4) is 0 Å². The van der Waals surface area contributed by atoms with Crippen molar-refractivity contribution in [3.63, 3.8) is 0 Å². The van der Waals surface area contributed by atoms with E-state index in [2.05, 4.69) is 17.4 Å². The zero-order valence-electron chi connectivity index (χ0n) is 7.41. The minimum atomic E-state index is 0. The van der Waals surface area contributed by atoms with Crippen LogP contribution in [0.4, 0.5) is 0 Å². The summed E-state index contributed by atoms with van der Waals surface area (Å²) in [7, 11) is 1.94. The Morgan fingerprint density at radius 3 is 2.92 bits per heavy atom. The second-order valence-electron chi connectivity index (χ2n) is 2.82. The first kappa shape index (κ1) is 10.1. The van der Waals surface area contributed by atoms with Gasteiger partial charge < -0.3 is 9.73 Å². The second-order valence-corrected chi connectivity index (χ2v) is 2.82. The molecule has 1 aromatic carbocycles. The molecular formula is C10H12ClNO. The van der Waals surface area contributed by atoms with E-state index in [1.54, 1.807) is 6.26 Å². The van der Waals surface area contributed by atoms with Crippen molar-refractivity contribution in [1.82, 2.24) is 5.32 Å². The summed E-state index contributed by atoms with van der Waals surface area (Å²) < 4.78 is 5.23. The molecule has 2 rings (SSSR count). The van der Waals surface area contributed by atoms with Crippen molar-refractivity contribution < 1.29 is 4.42 Å².